The summed E-state index contributed by atoms with van der Waals surface area (Å²) in [6.45, 7) is 2.36. The van der Waals surface area contributed by atoms with Crippen molar-refractivity contribution in [2.45, 2.75) is 50.9 Å². The third-order valence-electron chi connectivity index (χ3n) is 3.88. The molecule has 0 aliphatic rings. The van der Waals surface area contributed by atoms with Crippen molar-refractivity contribution in [1.82, 2.24) is 0 Å². The zero-order chi connectivity index (χ0) is 17.3. The second-order valence-corrected chi connectivity index (χ2v) is 5.91. The maximum absolute atomic E-state index is 11.4. The van der Waals surface area contributed by atoms with E-state index in [-0.39, 0.29) is 6.32 Å². The van der Waals surface area contributed by atoms with Crippen molar-refractivity contribution in [3.8, 4) is 5.75 Å². The van der Waals surface area contributed by atoms with Crippen LogP contribution in [0.3, 0.4) is 0 Å². The number of ether oxygens (including phenoxy) is 1. The van der Waals surface area contributed by atoms with Crippen molar-refractivity contribution in [2.24, 2.45) is 5.73 Å². The monoisotopic (exact) mass is 323 g/mol. The van der Waals surface area contributed by atoms with E-state index in [1.54, 1.807) is 0 Å². The Hall–Kier alpha value is -1.57. The molecule has 1 aromatic rings. The van der Waals surface area contributed by atoms with Crippen LogP contribution in [0.25, 0.3) is 0 Å². The SMILES string of the molecule is Cc1ccccc1OCCCC(N)(CCCCB(O)O)C(=O)O. The van der Waals surface area contributed by atoms with Crippen LogP contribution in [0.4, 0.5) is 0 Å². The largest absolute Gasteiger partial charge is 0.493 e. The number of aliphatic carboxylic acids is 1. The summed E-state index contributed by atoms with van der Waals surface area (Å²) in [6, 6.07) is 7.65. The number of hydrogen-bond donors (Lipinski definition) is 4. The van der Waals surface area contributed by atoms with E-state index in [0.717, 1.165) is 11.3 Å². The number of unbranched alkanes of at least 4 members (excludes halogenated alkanes) is 1. The van der Waals surface area contributed by atoms with E-state index in [1.807, 2.05) is 31.2 Å². The minimum absolute atomic E-state index is 0.228. The van der Waals surface area contributed by atoms with Crippen LogP contribution in [0.15, 0.2) is 24.3 Å². The Morgan fingerprint density at radius 2 is 1.87 bits per heavy atom. The summed E-state index contributed by atoms with van der Waals surface area (Å²) in [5, 5.41) is 26.9. The first-order valence-electron chi connectivity index (χ1n) is 7.92. The van der Waals surface area contributed by atoms with Crippen LogP contribution in [0.2, 0.25) is 6.32 Å². The Balaban J connectivity index is 2.37. The lowest BCUT2D eigenvalue weighted by Gasteiger charge is -2.24. The number of nitrogens with two attached hydrogens (primary N) is 1. The highest BCUT2D eigenvalue weighted by molar-refractivity contribution is 6.40. The zero-order valence-corrected chi connectivity index (χ0v) is 13.6. The Kier molecular flexibility index (Phi) is 8.09. The molecule has 0 aliphatic carbocycles. The number of benzene rings is 1. The van der Waals surface area contributed by atoms with E-state index in [1.165, 1.54) is 0 Å². The van der Waals surface area contributed by atoms with Crippen molar-refractivity contribution in [1.29, 1.82) is 0 Å². The highest BCUT2D eigenvalue weighted by Crippen LogP contribution is 2.21. The molecule has 0 saturated heterocycles. The molecule has 0 aromatic heterocycles. The molecule has 1 rings (SSSR count). The summed E-state index contributed by atoms with van der Waals surface area (Å²) >= 11 is 0. The van der Waals surface area contributed by atoms with Crippen molar-refractivity contribution in [3.05, 3.63) is 29.8 Å². The highest BCUT2D eigenvalue weighted by atomic mass is 16.5. The van der Waals surface area contributed by atoms with Gasteiger partial charge in [0.25, 0.3) is 0 Å². The molecule has 1 atom stereocenters. The predicted molar refractivity (Wildman–Crippen MR) is 89.3 cm³/mol. The van der Waals surface area contributed by atoms with E-state index < -0.39 is 18.6 Å². The summed E-state index contributed by atoms with van der Waals surface area (Å²) in [7, 11) is -1.35. The van der Waals surface area contributed by atoms with Gasteiger partial charge in [0.2, 0.25) is 0 Å². The van der Waals surface area contributed by atoms with E-state index in [9.17, 15) is 9.90 Å². The molecule has 23 heavy (non-hydrogen) atoms. The molecule has 1 unspecified atom stereocenters. The maximum atomic E-state index is 11.4. The first-order chi connectivity index (χ1) is 10.8. The summed E-state index contributed by atoms with van der Waals surface area (Å²) in [6.07, 6.45) is 2.46. The highest BCUT2D eigenvalue weighted by Gasteiger charge is 2.32. The standard InChI is InChI=1S/C16H26BNO5/c1-13-7-2-3-8-14(13)23-12-6-10-16(18,15(19)20)9-4-5-11-17(21)22/h2-3,7-8,21-22H,4-6,9-12,18H2,1H3,(H,19,20). The van der Waals surface area contributed by atoms with Gasteiger partial charge in [-0.05, 0) is 44.1 Å². The van der Waals surface area contributed by atoms with Crippen molar-refractivity contribution < 1.29 is 24.7 Å². The summed E-state index contributed by atoms with van der Waals surface area (Å²) < 4.78 is 5.65. The lowest BCUT2D eigenvalue weighted by atomic mass is 9.81. The van der Waals surface area contributed by atoms with E-state index >= 15 is 0 Å². The van der Waals surface area contributed by atoms with Gasteiger partial charge in [-0.3, -0.25) is 4.79 Å². The van der Waals surface area contributed by atoms with Gasteiger partial charge in [-0.2, -0.15) is 0 Å². The fraction of sp³-hybridized carbons (Fsp3) is 0.562. The second kappa shape index (κ2) is 9.55. The van der Waals surface area contributed by atoms with Crippen molar-refractivity contribution in [2.75, 3.05) is 6.61 Å². The molecule has 0 radical (unpaired) electrons. The van der Waals surface area contributed by atoms with Gasteiger partial charge in [-0.1, -0.05) is 31.0 Å². The molecule has 6 nitrogen and oxygen atoms in total. The molecular weight excluding hydrogens is 297 g/mol. The Morgan fingerprint density at radius 3 is 2.48 bits per heavy atom. The topological polar surface area (TPSA) is 113 Å². The molecular formula is C16H26BNO5. The average molecular weight is 323 g/mol. The number of carbonyl (C=O) groups is 1. The molecule has 0 saturated carbocycles. The molecule has 1 aromatic carbocycles. The molecule has 0 heterocycles. The molecule has 128 valence electrons. The van der Waals surface area contributed by atoms with Gasteiger partial charge in [0, 0.05) is 0 Å². The Labute approximate surface area is 137 Å². The van der Waals surface area contributed by atoms with Crippen LogP contribution < -0.4 is 10.5 Å². The van der Waals surface area contributed by atoms with Crippen LogP contribution in [0.5, 0.6) is 5.75 Å². The minimum Gasteiger partial charge on any atom is -0.493 e. The van der Waals surface area contributed by atoms with Crippen molar-refractivity contribution >= 4 is 13.1 Å². The van der Waals surface area contributed by atoms with Gasteiger partial charge in [-0.25, -0.2) is 0 Å². The number of carboxylic acids is 1. The van der Waals surface area contributed by atoms with E-state index in [4.69, 9.17) is 20.5 Å². The van der Waals surface area contributed by atoms with Crippen LogP contribution >= 0.6 is 0 Å². The molecule has 7 heteroatoms. The lowest BCUT2D eigenvalue weighted by molar-refractivity contribution is -0.144. The van der Waals surface area contributed by atoms with E-state index in [2.05, 4.69) is 0 Å². The molecule has 0 fully saturated rings. The molecule has 0 amide bonds. The van der Waals surface area contributed by atoms with E-state index in [0.29, 0.717) is 38.7 Å². The third-order valence-corrected chi connectivity index (χ3v) is 3.88. The number of carboxylic acid groups (broad SMARTS) is 1. The van der Waals surface area contributed by atoms with Gasteiger partial charge >= 0.3 is 13.1 Å². The Bertz CT molecular complexity index is 497. The summed E-state index contributed by atoms with van der Waals surface area (Å²) in [4.78, 5) is 11.4. The number of aryl methyl sites for hydroxylation is 1. The quantitative estimate of drug-likeness (QED) is 0.363. The number of hydrogen-bond acceptors (Lipinski definition) is 5. The van der Waals surface area contributed by atoms with Gasteiger partial charge in [0.1, 0.15) is 11.3 Å². The summed E-state index contributed by atoms with van der Waals surface area (Å²) in [5.74, 6) is -0.236. The summed E-state index contributed by atoms with van der Waals surface area (Å²) in [5.41, 5.74) is 5.73. The van der Waals surface area contributed by atoms with Gasteiger partial charge in [0.05, 0.1) is 6.61 Å². The van der Waals surface area contributed by atoms with Gasteiger partial charge < -0.3 is 25.6 Å². The Morgan fingerprint density at radius 1 is 1.22 bits per heavy atom. The minimum atomic E-state index is -1.35. The first kappa shape index (κ1) is 19.5. The van der Waals surface area contributed by atoms with Crippen molar-refractivity contribution in [3.63, 3.8) is 0 Å². The number of para-hydroxylation sites is 1. The normalized spacial score (nSPS) is 13.4. The fourth-order valence-electron chi connectivity index (χ4n) is 2.39. The zero-order valence-electron chi connectivity index (χ0n) is 13.6. The van der Waals surface area contributed by atoms with Gasteiger partial charge in [-0.15, -0.1) is 0 Å². The van der Waals surface area contributed by atoms with Crippen LogP contribution in [-0.4, -0.2) is 40.4 Å². The first-order valence-corrected chi connectivity index (χ1v) is 7.92. The molecule has 0 aliphatic heterocycles. The third kappa shape index (κ3) is 7.03. The predicted octanol–water partition coefficient (Wildman–Crippen LogP) is 1.58. The van der Waals surface area contributed by atoms with Crippen LogP contribution in [0, 0.1) is 6.92 Å². The maximum Gasteiger partial charge on any atom is 0.451 e. The second-order valence-electron chi connectivity index (χ2n) is 5.91. The fourth-order valence-corrected chi connectivity index (χ4v) is 2.39. The van der Waals surface area contributed by atoms with Gasteiger partial charge in [0.15, 0.2) is 0 Å². The molecule has 0 spiro atoms. The molecule has 0 bridgehead atoms. The number of rotatable bonds is 11. The molecule has 5 N–H and O–H groups in total. The smallest absolute Gasteiger partial charge is 0.451 e. The van der Waals surface area contributed by atoms with Crippen LogP contribution in [0.1, 0.15) is 37.7 Å². The lowest BCUT2D eigenvalue weighted by Crippen LogP contribution is -2.48. The van der Waals surface area contributed by atoms with Crippen LogP contribution in [-0.2, 0) is 4.79 Å². The average Bonchev–Trinajstić information content (AvgIpc) is 2.49.